The number of rotatable bonds is 5. The molecule has 0 N–H and O–H groups in total. The van der Waals surface area contributed by atoms with Crippen molar-refractivity contribution in [1.29, 1.82) is 0 Å². The lowest BCUT2D eigenvalue weighted by Crippen LogP contribution is -2.35. The van der Waals surface area contributed by atoms with Crippen LogP contribution in [0.3, 0.4) is 0 Å². The highest BCUT2D eigenvalue weighted by molar-refractivity contribution is 7.13. The third kappa shape index (κ3) is 3.16. The zero-order chi connectivity index (χ0) is 14.7. The first-order valence-corrected chi connectivity index (χ1v) is 8.02. The first kappa shape index (κ1) is 14.3. The molecule has 5 nitrogen and oxygen atoms in total. The fourth-order valence-electron chi connectivity index (χ4n) is 2.44. The van der Waals surface area contributed by atoms with Crippen molar-refractivity contribution in [2.75, 3.05) is 26.3 Å². The van der Waals surface area contributed by atoms with Crippen molar-refractivity contribution in [3.63, 3.8) is 0 Å². The molecule has 21 heavy (non-hydrogen) atoms. The zero-order valence-electron chi connectivity index (χ0n) is 11.9. The SMILES string of the molecule is CCN(CC1CCOC1)C(=O)c1csc(-c2ccco2)n1. The second-order valence-electron chi connectivity index (χ2n) is 5.09. The van der Waals surface area contributed by atoms with Gasteiger partial charge in [0.05, 0.1) is 12.9 Å². The maximum atomic E-state index is 12.5. The molecule has 0 aromatic carbocycles. The van der Waals surface area contributed by atoms with Crippen molar-refractivity contribution in [3.8, 4) is 10.8 Å². The zero-order valence-corrected chi connectivity index (χ0v) is 12.8. The molecule has 1 fully saturated rings. The van der Waals surface area contributed by atoms with Gasteiger partial charge in [0, 0.05) is 31.0 Å². The Kier molecular flexibility index (Phi) is 4.36. The Morgan fingerprint density at radius 1 is 1.57 bits per heavy atom. The van der Waals surface area contributed by atoms with E-state index < -0.39 is 0 Å². The number of aromatic nitrogens is 1. The van der Waals surface area contributed by atoms with Crippen molar-refractivity contribution < 1.29 is 13.9 Å². The highest BCUT2D eigenvalue weighted by atomic mass is 32.1. The van der Waals surface area contributed by atoms with Crippen LogP contribution in [-0.4, -0.2) is 42.1 Å². The maximum Gasteiger partial charge on any atom is 0.273 e. The summed E-state index contributed by atoms with van der Waals surface area (Å²) in [4.78, 5) is 18.8. The molecule has 0 aliphatic carbocycles. The van der Waals surface area contributed by atoms with Crippen LogP contribution in [0.15, 0.2) is 28.2 Å². The van der Waals surface area contributed by atoms with Gasteiger partial charge < -0.3 is 14.1 Å². The molecule has 1 atom stereocenters. The number of nitrogens with zero attached hydrogens (tertiary/aromatic N) is 2. The summed E-state index contributed by atoms with van der Waals surface area (Å²) in [7, 11) is 0. The van der Waals surface area contributed by atoms with Crippen LogP contribution in [0, 0.1) is 5.92 Å². The van der Waals surface area contributed by atoms with Crippen LogP contribution in [-0.2, 0) is 4.74 Å². The Morgan fingerprint density at radius 2 is 2.48 bits per heavy atom. The van der Waals surface area contributed by atoms with Crippen LogP contribution in [0.4, 0.5) is 0 Å². The predicted octanol–water partition coefficient (Wildman–Crippen LogP) is 2.90. The summed E-state index contributed by atoms with van der Waals surface area (Å²) in [5.74, 6) is 1.13. The number of ether oxygens (including phenoxy) is 1. The van der Waals surface area contributed by atoms with Crippen LogP contribution in [0.1, 0.15) is 23.8 Å². The van der Waals surface area contributed by atoms with Gasteiger partial charge in [0.2, 0.25) is 0 Å². The maximum absolute atomic E-state index is 12.5. The van der Waals surface area contributed by atoms with E-state index in [-0.39, 0.29) is 5.91 Å². The standard InChI is InChI=1S/C15H18N2O3S/c1-2-17(8-11-5-7-19-9-11)15(18)12-10-21-14(16-12)13-4-3-6-20-13/h3-4,6,10-11H,2,5,7-9H2,1H3. The topological polar surface area (TPSA) is 55.6 Å². The number of amides is 1. The fourth-order valence-corrected chi connectivity index (χ4v) is 3.20. The van der Waals surface area contributed by atoms with Gasteiger partial charge in [-0.25, -0.2) is 4.98 Å². The molecule has 6 heteroatoms. The van der Waals surface area contributed by atoms with Crippen molar-refractivity contribution in [3.05, 3.63) is 29.5 Å². The number of thiazole rings is 1. The first-order chi connectivity index (χ1) is 10.3. The van der Waals surface area contributed by atoms with Crippen molar-refractivity contribution in [2.24, 2.45) is 5.92 Å². The molecule has 1 aliphatic rings. The van der Waals surface area contributed by atoms with Gasteiger partial charge in [0.25, 0.3) is 5.91 Å². The van der Waals surface area contributed by atoms with E-state index in [1.807, 2.05) is 24.0 Å². The molecule has 112 valence electrons. The summed E-state index contributed by atoms with van der Waals surface area (Å²) in [6.45, 7) is 4.97. The van der Waals surface area contributed by atoms with E-state index >= 15 is 0 Å². The lowest BCUT2D eigenvalue weighted by molar-refractivity contribution is 0.0726. The van der Waals surface area contributed by atoms with Gasteiger partial charge in [-0.15, -0.1) is 11.3 Å². The summed E-state index contributed by atoms with van der Waals surface area (Å²) < 4.78 is 10.7. The van der Waals surface area contributed by atoms with Gasteiger partial charge >= 0.3 is 0 Å². The summed E-state index contributed by atoms with van der Waals surface area (Å²) in [6, 6.07) is 3.66. The Balaban J connectivity index is 1.70. The second-order valence-corrected chi connectivity index (χ2v) is 5.95. The quantitative estimate of drug-likeness (QED) is 0.852. The van der Waals surface area contributed by atoms with E-state index in [0.29, 0.717) is 23.9 Å². The average Bonchev–Trinajstić information content (AvgIpc) is 3.25. The van der Waals surface area contributed by atoms with Crippen molar-refractivity contribution in [2.45, 2.75) is 13.3 Å². The number of carbonyl (C=O) groups excluding carboxylic acids is 1. The largest absolute Gasteiger partial charge is 0.462 e. The normalized spacial score (nSPS) is 18.0. The third-order valence-corrected chi connectivity index (χ3v) is 4.48. The fraction of sp³-hybridized carbons (Fsp3) is 0.467. The summed E-state index contributed by atoms with van der Waals surface area (Å²) >= 11 is 1.43. The van der Waals surface area contributed by atoms with Gasteiger partial charge in [-0.1, -0.05) is 0 Å². The molecule has 0 radical (unpaired) electrons. The second kappa shape index (κ2) is 6.41. The van der Waals surface area contributed by atoms with Gasteiger partial charge in [-0.2, -0.15) is 0 Å². The van der Waals surface area contributed by atoms with E-state index in [1.54, 1.807) is 11.6 Å². The Morgan fingerprint density at radius 3 is 3.14 bits per heavy atom. The minimum atomic E-state index is -0.0153. The molecule has 2 aromatic heterocycles. The minimum absolute atomic E-state index is 0.0153. The summed E-state index contributed by atoms with van der Waals surface area (Å²) in [6.07, 6.45) is 2.63. The van der Waals surface area contributed by atoms with Crippen LogP contribution in [0.2, 0.25) is 0 Å². The Bertz CT molecular complexity index is 588. The van der Waals surface area contributed by atoms with Crippen LogP contribution in [0.25, 0.3) is 10.8 Å². The average molecular weight is 306 g/mol. The smallest absolute Gasteiger partial charge is 0.273 e. The summed E-state index contributed by atoms with van der Waals surface area (Å²) in [5.41, 5.74) is 0.493. The Labute approximate surface area is 127 Å². The molecule has 3 heterocycles. The molecule has 0 bridgehead atoms. The first-order valence-electron chi connectivity index (χ1n) is 7.14. The molecule has 0 spiro atoms. The highest BCUT2D eigenvalue weighted by Crippen LogP contribution is 2.25. The molecule has 3 rings (SSSR count). The molecule has 1 saturated heterocycles. The lowest BCUT2D eigenvalue weighted by atomic mass is 10.1. The van der Waals surface area contributed by atoms with Crippen LogP contribution < -0.4 is 0 Å². The lowest BCUT2D eigenvalue weighted by Gasteiger charge is -2.22. The van der Waals surface area contributed by atoms with Crippen molar-refractivity contribution in [1.82, 2.24) is 9.88 Å². The number of hydrogen-bond donors (Lipinski definition) is 0. The van der Waals surface area contributed by atoms with Gasteiger partial charge in [-0.3, -0.25) is 4.79 Å². The van der Waals surface area contributed by atoms with E-state index in [1.165, 1.54) is 11.3 Å². The monoisotopic (exact) mass is 306 g/mol. The van der Waals surface area contributed by atoms with E-state index in [4.69, 9.17) is 9.15 Å². The van der Waals surface area contributed by atoms with Crippen molar-refractivity contribution >= 4 is 17.2 Å². The predicted molar refractivity (Wildman–Crippen MR) is 80.3 cm³/mol. The van der Waals surface area contributed by atoms with Gasteiger partial charge in [-0.05, 0) is 25.5 Å². The van der Waals surface area contributed by atoms with Gasteiger partial charge in [0.1, 0.15) is 5.69 Å². The molecular formula is C15H18N2O3S. The Hall–Kier alpha value is -1.66. The molecule has 2 aromatic rings. The molecule has 0 saturated carbocycles. The molecule has 1 aliphatic heterocycles. The van der Waals surface area contributed by atoms with E-state index in [2.05, 4.69) is 4.98 Å². The third-order valence-electron chi connectivity index (χ3n) is 3.63. The number of carbonyl (C=O) groups is 1. The highest BCUT2D eigenvalue weighted by Gasteiger charge is 2.24. The van der Waals surface area contributed by atoms with Gasteiger partial charge in [0.15, 0.2) is 10.8 Å². The number of hydrogen-bond acceptors (Lipinski definition) is 5. The molecule has 1 unspecified atom stereocenters. The number of furan rings is 1. The van der Waals surface area contributed by atoms with Crippen LogP contribution in [0.5, 0.6) is 0 Å². The van der Waals surface area contributed by atoms with Crippen LogP contribution >= 0.6 is 11.3 Å². The minimum Gasteiger partial charge on any atom is -0.462 e. The summed E-state index contributed by atoms with van der Waals surface area (Å²) in [5, 5.41) is 2.54. The van der Waals surface area contributed by atoms with E-state index in [9.17, 15) is 4.79 Å². The molecular weight excluding hydrogens is 288 g/mol. The van der Waals surface area contributed by atoms with E-state index in [0.717, 1.165) is 31.2 Å². The molecule has 1 amide bonds.